The first-order valence-electron chi connectivity index (χ1n) is 6.98. The number of rotatable bonds is 6. The zero-order valence-electron chi connectivity index (χ0n) is 12.3. The molecule has 2 aromatic rings. The molecule has 0 saturated carbocycles. The molecule has 0 fully saturated rings. The quantitative estimate of drug-likeness (QED) is 0.656. The fourth-order valence-electron chi connectivity index (χ4n) is 1.96. The van der Waals surface area contributed by atoms with Crippen molar-refractivity contribution in [2.24, 2.45) is 0 Å². The van der Waals surface area contributed by atoms with Crippen LogP contribution in [0.1, 0.15) is 24.2 Å². The number of urea groups is 1. The van der Waals surface area contributed by atoms with Gasteiger partial charge in [0.15, 0.2) is 0 Å². The third-order valence-corrected chi connectivity index (χ3v) is 3.31. The molecule has 1 unspecified atom stereocenters. The van der Waals surface area contributed by atoms with Gasteiger partial charge in [0, 0.05) is 36.6 Å². The molecule has 0 aliphatic carbocycles. The van der Waals surface area contributed by atoms with Gasteiger partial charge < -0.3 is 20.9 Å². The molecule has 6 nitrogen and oxygen atoms in total. The number of aromatic amines is 1. The normalized spacial score (nSPS) is 11.9. The van der Waals surface area contributed by atoms with Crippen molar-refractivity contribution in [2.75, 3.05) is 18.9 Å². The van der Waals surface area contributed by atoms with E-state index in [2.05, 4.69) is 32.8 Å². The number of imidazole rings is 1. The van der Waals surface area contributed by atoms with Crippen LogP contribution in [0.15, 0.2) is 36.8 Å². The Bertz CT molecular complexity index is 567. The number of amides is 2. The van der Waals surface area contributed by atoms with Crippen molar-refractivity contribution in [3.8, 4) is 0 Å². The van der Waals surface area contributed by atoms with E-state index in [-0.39, 0.29) is 12.1 Å². The van der Waals surface area contributed by atoms with Crippen molar-refractivity contribution in [1.82, 2.24) is 20.6 Å². The molecule has 2 rings (SSSR count). The van der Waals surface area contributed by atoms with E-state index in [1.165, 1.54) is 0 Å². The molecule has 1 aromatic carbocycles. The Morgan fingerprint density at radius 2 is 2.29 bits per heavy atom. The minimum Gasteiger partial charge on any atom is -0.348 e. The number of benzene rings is 1. The van der Waals surface area contributed by atoms with Crippen LogP contribution in [0.3, 0.4) is 0 Å². The highest BCUT2D eigenvalue weighted by Crippen LogP contribution is 2.16. The van der Waals surface area contributed by atoms with Crippen LogP contribution in [0.5, 0.6) is 0 Å². The van der Waals surface area contributed by atoms with E-state index in [0.717, 1.165) is 23.4 Å². The number of anilines is 1. The van der Waals surface area contributed by atoms with Gasteiger partial charge >= 0.3 is 6.03 Å². The highest BCUT2D eigenvalue weighted by atomic mass is 16.2. The van der Waals surface area contributed by atoms with Crippen LogP contribution in [0.2, 0.25) is 0 Å². The van der Waals surface area contributed by atoms with Gasteiger partial charge in [-0.1, -0.05) is 12.1 Å². The lowest BCUT2D eigenvalue weighted by atomic mass is 10.1. The first-order valence-corrected chi connectivity index (χ1v) is 6.98. The van der Waals surface area contributed by atoms with Crippen molar-refractivity contribution in [3.05, 3.63) is 48.0 Å². The van der Waals surface area contributed by atoms with E-state index in [0.29, 0.717) is 6.54 Å². The van der Waals surface area contributed by atoms with E-state index >= 15 is 0 Å². The number of carbonyl (C=O) groups is 1. The monoisotopic (exact) mass is 287 g/mol. The van der Waals surface area contributed by atoms with E-state index in [4.69, 9.17) is 0 Å². The van der Waals surface area contributed by atoms with Crippen molar-refractivity contribution in [2.45, 2.75) is 19.4 Å². The number of hydrogen-bond acceptors (Lipinski definition) is 3. The molecule has 0 radical (unpaired) electrons. The van der Waals surface area contributed by atoms with Gasteiger partial charge in [-0.3, -0.25) is 0 Å². The van der Waals surface area contributed by atoms with Gasteiger partial charge in [-0.2, -0.15) is 0 Å². The van der Waals surface area contributed by atoms with E-state index in [1.54, 1.807) is 12.5 Å². The van der Waals surface area contributed by atoms with Crippen molar-refractivity contribution in [3.63, 3.8) is 0 Å². The second-order valence-electron chi connectivity index (χ2n) is 4.84. The van der Waals surface area contributed by atoms with Crippen LogP contribution in [-0.4, -0.2) is 29.6 Å². The maximum Gasteiger partial charge on any atom is 0.319 e. The summed E-state index contributed by atoms with van der Waals surface area (Å²) in [5.41, 5.74) is 2.92. The summed E-state index contributed by atoms with van der Waals surface area (Å²) < 4.78 is 0. The summed E-state index contributed by atoms with van der Waals surface area (Å²) in [6.07, 6.45) is 4.11. The molecule has 0 bridgehead atoms. The molecule has 1 atom stereocenters. The number of carbonyl (C=O) groups excluding carboxylic acids is 1. The molecule has 1 heterocycles. The molecule has 21 heavy (non-hydrogen) atoms. The molecule has 4 N–H and O–H groups in total. The van der Waals surface area contributed by atoms with Gasteiger partial charge in [0.1, 0.15) is 0 Å². The lowest BCUT2D eigenvalue weighted by Gasteiger charge is -2.13. The predicted octanol–water partition coefficient (Wildman–Crippen LogP) is 2.05. The van der Waals surface area contributed by atoms with Gasteiger partial charge in [-0.15, -0.1) is 0 Å². The van der Waals surface area contributed by atoms with Crippen LogP contribution >= 0.6 is 0 Å². The largest absolute Gasteiger partial charge is 0.348 e. The first-order chi connectivity index (χ1) is 10.2. The molecular weight excluding hydrogens is 266 g/mol. The second-order valence-corrected chi connectivity index (χ2v) is 4.84. The van der Waals surface area contributed by atoms with E-state index in [1.807, 2.05) is 31.3 Å². The minimum atomic E-state index is -0.205. The Labute approximate surface area is 124 Å². The van der Waals surface area contributed by atoms with Gasteiger partial charge in [0.2, 0.25) is 0 Å². The fourth-order valence-corrected chi connectivity index (χ4v) is 1.96. The number of hydrogen-bond donors (Lipinski definition) is 4. The number of nitrogens with one attached hydrogen (secondary N) is 4. The van der Waals surface area contributed by atoms with Crippen LogP contribution in [0.4, 0.5) is 10.5 Å². The second kappa shape index (κ2) is 7.44. The third kappa shape index (κ3) is 4.61. The van der Waals surface area contributed by atoms with Crippen LogP contribution in [0, 0.1) is 0 Å². The average molecular weight is 287 g/mol. The summed E-state index contributed by atoms with van der Waals surface area (Å²) in [4.78, 5) is 18.8. The molecule has 0 spiro atoms. The van der Waals surface area contributed by atoms with E-state index in [9.17, 15) is 4.79 Å². The highest BCUT2D eigenvalue weighted by molar-refractivity contribution is 5.89. The van der Waals surface area contributed by atoms with Crippen LogP contribution < -0.4 is 16.0 Å². The average Bonchev–Trinajstić information content (AvgIpc) is 3.00. The molecule has 1 aromatic heterocycles. The molecular formula is C15H21N5O. The van der Waals surface area contributed by atoms with Gasteiger partial charge in [-0.25, -0.2) is 9.78 Å². The topological polar surface area (TPSA) is 81.8 Å². The van der Waals surface area contributed by atoms with E-state index < -0.39 is 0 Å². The Morgan fingerprint density at radius 1 is 1.43 bits per heavy atom. The third-order valence-electron chi connectivity index (χ3n) is 3.31. The lowest BCUT2D eigenvalue weighted by molar-refractivity contribution is 0.252. The Kier molecular flexibility index (Phi) is 5.34. The van der Waals surface area contributed by atoms with Gasteiger partial charge in [-0.05, 0) is 31.7 Å². The van der Waals surface area contributed by atoms with Crippen molar-refractivity contribution < 1.29 is 4.79 Å². The number of nitrogens with zero attached hydrogens (tertiary/aromatic N) is 1. The Hall–Kier alpha value is -2.34. The molecule has 0 saturated heterocycles. The zero-order chi connectivity index (χ0) is 15.1. The summed E-state index contributed by atoms with van der Waals surface area (Å²) in [5, 5.41) is 8.83. The van der Waals surface area contributed by atoms with Gasteiger partial charge in [0.25, 0.3) is 0 Å². The maximum atomic E-state index is 11.8. The standard InChI is InChI=1S/C15H21N5O/c1-11(16-2)12-4-3-5-13(8-12)20-15(21)18-7-6-14-9-17-10-19-14/h3-5,8-11,16H,6-7H2,1-2H3,(H,17,19)(H2,18,20,21). The lowest BCUT2D eigenvalue weighted by Crippen LogP contribution is -2.30. The predicted molar refractivity (Wildman–Crippen MR) is 83.2 cm³/mol. The highest BCUT2D eigenvalue weighted by Gasteiger charge is 2.05. The fraction of sp³-hybridized carbons (Fsp3) is 0.333. The van der Waals surface area contributed by atoms with Gasteiger partial charge in [0.05, 0.1) is 6.33 Å². The molecule has 0 aliphatic rings. The summed E-state index contributed by atoms with van der Waals surface area (Å²) in [6, 6.07) is 7.85. The number of aromatic nitrogens is 2. The molecule has 0 aliphatic heterocycles. The summed E-state index contributed by atoms with van der Waals surface area (Å²) in [6.45, 7) is 2.63. The molecule has 2 amide bonds. The maximum absolute atomic E-state index is 11.8. The number of H-pyrrole nitrogens is 1. The summed E-state index contributed by atoms with van der Waals surface area (Å²) in [5.74, 6) is 0. The Balaban J connectivity index is 1.82. The zero-order valence-corrected chi connectivity index (χ0v) is 12.3. The first kappa shape index (κ1) is 15.1. The minimum absolute atomic E-state index is 0.205. The SMILES string of the molecule is CNC(C)c1cccc(NC(=O)NCCc2cnc[nH]2)c1. The van der Waals surface area contributed by atoms with Crippen LogP contribution in [-0.2, 0) is 6.42 Å². The molecule has 112 valence electrons. The summed E-state index contributed by atoms with van der Waals surface area (Å²) in [7, 11) is 1.91. The smallest absolute Gasteiger partial charge is 0.319 e. The van der Waals surface area contributed by atoms with Crippen LogP contribution in [0.25, 0.3) is 0 Å². The Morgan fingerprint density at radius 3 is 3.00 bits per heavy atom. The summed E-state index contributed by atoms with van der Waals surface area (Å²) >= 11 is 0. The van der Waals surface area contributed by atoms with Crippen molar-refractivity contribution >= 4 is 11.7 Å². The molecule has 6 heteroatoms. The van der Waals surface area contributed by atoms with Crippen molar-refractivity contribution in [1.29, 1.82) is 0 Å².